The molecule has 0 aliphatic heterocycles. The van der Waals surface area contributed by atoms with Crippen molar-refractivity contribution in [2.45, 2.75) is 130 Å². The molecule has 1 unspecified atom stereocenters. The maximum atomic E-state index is 12.3. The molecule has 0 aromatic carbocycles. The minimum absolute atomic E-state index is 0.0419. The molecule has 32 heavy (non-hydrogen) atoms. The second-order valence-electron chi connectivity index (χ2n) is 12.9. The monoisotopic (exact) mass is 444 g/mol. The quantitative estimate of drug-likeness (QED) is 0.263. The first-order valence-electron chi connectivity index (χ1n) is 14.6. The normalized spacial score (nSPS) is 41.9. The smallest absolute Gasteiger partial charge is 0.305 e. The van der Waals surface area contributed by atoms with Crippen LogP contribution in [0.25, 0.3) is 0 Å². The SMILES string of the molecule is CCCCCCOC(=O)CC[C@@H](C)[C@H]1CC[C@H]2[C@@H]3CCC4CCCC[C@]4(C)[C@H]3CC[C@]12C. The molecular weight excluding hydrogens is 392 g/mol. The summed E-state index contributed by atoms with van der Waals surface area (Å²) in [6, 6.07) is 0. The van der Waals surface area contributed by atoms with Crippen LogP contribution in [0, 0.1) is 46.3 Å². The Morgan fingerprint density at radius 3 is 2.53 bits per heavy atom. The van der Waals surface area contributed by atoms with Gasteiger partial charge >= 0.3 is 5.97 Å². The van der Waals surface area contributed by atoms with Crippen LogP contribution in [0.15, 0.2) is 0 Å². The number of carbonyl (C=O) groups excluding carboxylic acids is 1. The van der Waals surface area contributed by atoms with Crippen molar-refractivity contribution in [2.75, 3.05) is 6.61 Å². The number of carbonyl (C=O) groups is 1. The Kier molecular flexibility index (Phi) is 7.98. The molecule has 4 aliphatic rings. The number of fused-ring (bicyclic) bond motifs is 5. The van der Waals surface area contributed by atoms with E-state index in [0.29, 0.717) is 29.8 Å². The van der Waals surface area contributed by atoms with E-state index in [1.165, 1.54) is 83.5 Å². The maximum absolute atomic E-state index is 12.3. The second-order valence-corrected chi connectivity index (χ2v) is 12.9. The highest BCUT2D eigenvalue weighted by Gasteiger charge is 2.60. The van der Waals surface area contributed by atoms with Crippen LogP contribution in [0.2, 0.25) is 0 Å². The fraction of sp³-hybridized carbons (Fsp3) is 0.967. The molecule has 4 fully saturated rings. The van der Waals surface area contributed by atoms with Gasteiger partial charge in [0, 0.05) is 6.42 Å². The highest BCUT2D eigenvalue weighted by atomic mass is 16.5. The molecule has 2 nitrogen and oxygen atoms in total. The van der Waals surface area contributed by atoms with Crippen molar-refractivity contribution >= 4 is 5.97 Å². The van der Waals surface area contributed by atoms with E-state index in [0.717, 1.165) is 42.4 Å². The molecule has 0 radical (unpaired) electrons. The van der Waals surface area contributed by atoms with E-state index in [1.807, 2.05) is 0 Å². The highest BCUT2D eigenvalue weighted by molar-refractivity contribution is 5.69. The van der Waals surface area contributed by atoms with Gasteiger partial charge in [-0.15, -0.1) is 0 Å². The summed E-state index contributed by atoms with van der Waals surface area (Å²) in [5.74, 6) is 5.44. The summed E-state index contributed by atoms with van der Waals surface area (Å²) in [4.78, 5) is 12.3. The summed E-state index contributed by atoms with van der Waals surface area (Å²) in [6.07, 6.45) is 21.1. The van der Waals surface area contributed by atoms with Gasteiger partial charge in [0.05, 0.1) is 6.61 Å². The Balaban J connectivity index is 1.31. The highest BCUT2D eigenvalue weighted by Crippen LogP contribution is 2.68. The molecule has 8 atom stereocenters. The number of rotatable bonds is 9. The second kappa shape index (κ2) is 10.4. The number of unbranched alkanes of at least 4 members (excludes halogenated alkanes) is 3. The van der Waals surface area contributed by atoms with Gasteiger partial charge in [0.1, 0.15) is 0 Å². The summed E-state index contributed by atoms with van der Waals surface area (Å²) >= 11 is 0. The first kappa shape index (κ1) is 24.6. The zero-order valence-electron chi connectivity index (χ0n) is 21.8. The van der Waals surface area contributed by atoms with Crippen molar-refractivity contribution in [3.8, 4) is 0 Å². The van der Waals surface area contributed by atoms with Crippen LogP contribution in [0.4, 0.5) is 0 Å². The lowest BCUT2D eigenvalue weighted by molar-refractivity contribution is -0.144. The van der Waals surface area contributed by atoms with Crippen molar-refractivity contribution in [3.63, 3.8) is 0 Å². The summed E-state index contributed by atoms with van der Waals surface area (Å²) < 4.78 is 5.53. The first-order valence-corrected chi connectivity index (χ1v) is 14.6. The molecule has 2 heteroatoms. The Morgan fingerprint density at radius 2 is 1.72 bits per heavy atom. The average molecular weight is 445 g/mol. The molecule has 4 saturated carbocycles. The van der Waals surface area contributed by atoms with Crippen LogP contribution in [0.5, 0.6) is 0 Å². The largest absolute Gasteiger partial charge is 0.466 e. The van der Waals surface area contributed by atoms with Crippen molar-refractivity contribution in [3.05, 3.63) is 0 Å². The van der Waals surface area contributed by atoms with Crippen molar-refractivity contribution in [1.82, 2.24) is 0 Å². The summed E-state index contributed by atoms with van der Waals surface area (Å²) in [5.41, 5.74) is 1.16. The van der Waals surface area contributed by atoms with Gasteiger partial charge in [0.25, 0.3) is 0 Å². The lowest BCUT2D eigenvalue weighted by atomic mass is 9.44. The van der Waals surface area contributed by atoms with Crippen LogP contribution >= 0.6 is 0 Å². The van der Waals surface area contributed by atoms with Gasteiger partial charge in [-0.2, -0.15) is 0 Å². The Morgan fingerprint density at radius 1 is 0.906 bits per heavy atom. The lowest BCUT2D eigenvalue weighted by Gasteiger charge is -2.61. The van der Waals surface area contributed by atoms with Crippen LogP contribution in [-0.4, -0.2) is 12.6 Å². The third-order valence-corrected chi connectivity index (χ3v) is 11.4. The Labute approximate surface area is 199 Å². The van der Waals surface area contributed by atoms with Crippen LogP contribution < -0.4 is 0 Å². The average Bonchev–Trinajstić information content (AvgIpc) is 3.14. The van der Waals surface area contributed by atoms with Crippen LogP contribution in [0.1, 0.15) is 130 Å². The molecular formula is C30H52O2. The fourth-order valence-corrected chi connectivity index (χ4v) is 9.60. The number of esters is 1. The van der Waals surface area contributed by atoms with Crippen molar-refractivity contribution in [2.24, 2.45) is 46.3 Å². The molecule has 4 aliphatic carbocycles. The van der Waals surface area contributed by atoms with Crippen molar-refractivity contribution in [1.29, 1.82) is 0 Å². The van der Waals surface area contributed by atoms with Gasteiger partial charge in [0.2, 0.25) is 0 Å². The Bertz CT molecular complexity index is 628. The first-order chi connectivity index (χ1) is 15.4. The van der Waals surface area contributed by atoms with Gasteiger partial charge in [-0.3, -0.25) is 4.79 Å². The molecule has 0 aromatic rings. The van der Waals surface area contributed by atoms with E-state index in [1.54, 1.807) is 0 Å². The van der Waals surface area contributed by atoms with Gasteiger partial charge in [-0.25, -0.2) is 0 Å². The molecule has 0 spiro atoms. The molecule has 0 heterocycles. The summed E-state index contributed by atoms with van der Waals surface area (Å²) in [7, 11) is 0. The molecule has 0 bridgehead atoms. The molecule has 0 aromatic heterocycles. The fourth-order valence-electron chi connectivity index (χ4n) is 9.60. The molecule has 0 saturated heterocycles. The third kappa shape index (κ3) is 4.68. The van der Waals surface area contributed by atoms with E-state index >= 15 is 0 Å². The predicted molar refractivity (Wildman–Crippen MR) is 133 cm³/mol. The van der Waals surface area contributed by atoms with Gasteiger partial charge in [0.15, 0.2) is 0 Å². The maximum Gasteiger partial charge on any atom is 0.305 e. The molecule has 0 amide bonds. The van der Waals surface area contributed by atoms with E-state index in [-0.39, 0.29) is 5.97 Å². The molecule has 4 rings (SSSR count). The Hall–Kier alpha value is -0.530. The van der Waals surface area contributed by atoms with E-state index in [2.05, 4.69) is 27.7 Å². The topological polar surface area (TPSA) is 26.3 Å². The van der Waals surface area contributed by atoms with Gasteiger partial charge < -0.3 is 4.74 Å². The van der Waals surface area contributed by atoms with Gasteiger partial charge in [-0.05, 0) is 111 Å². The standard InChI is InChI=1S/C30H52O2/c1-5-6-7-10-21-32-28(31)17-12-22(2)25-15-16-26-24-14-13-23-11-8-9-19-29(23,3)27(24)18-20-30(25,26)4/h22-27H,5-21H2,1-4H3/t22-,23?,24+,25-,26+,27+,29+,30-/m1/s1. The number of hydrogen-bond donors (Lipinski definition) is 0. The van der Waals surface area contributed by atoms with Crippen LogP contribution in [0.3, 0.4) is 0 Å². The zero-order chi connectivity index (χ0) is 22.8. The number of hydrogen-bond acceptors (Lipinski definition) is 2. The predicted octanol–water partition coefficient (Wildman–Crippen LogP) is 8.58. The zero-order valence-corrected chi connectivity index (χ0v) is 21.8. The number of ether oxygens (including phenoxy) is 1. The van der Waals surface area contributed by atoms with Crippen LogP contribution in [-0.2, 0) is 9.53 Å². The van der Waals surface area contributed by atoms with E-state index in [9.17, 15) is 4.79 Å². The van der Waals surface area contributed by atoms with Crippen molar-refractivity contribution < 1.29 is 9.53 Å². The summed E-state index contributed by atoms with van der Waals surface area (Å²) in [5, 5.41) is 0. The minimum atomic E-state index is 0.0419. The van der Waals surface area contributed by atoms with E-state index < -0.39 is 0 Å². The minimum Gasteiger partial charge on any atom is -0.466 e. The third-order valence-electron chi connectivity index (χ3n) is 11.4. The molecule has 0 N–H and O–H groups in total. The molecule has 184 valence electrons. The summed E-state index contributed by atoms with van der Waals surface area (Å²) in [6.45, 7) is 10.6. The van der Waals surface area contributed by atoms with Gasteiger partial charge in [-0.1, -0.05) is 59.8 Å². The lowest BCUT2D eigenvalue weighted by Crippen LogP contribution is -2.53. The van der Waals surface area contributed by atoms with E-state index in [4.69, 9.17) is 4.74 Å².